The van der Waals surface area contributed by atoms with Gasteiger partial charge in [0.05, 0.1) is 18.6 Å². The zero-order valence-corrected chi connectivity index (χ0v) is 12.0. The largest absolute Gasteiger partial charge is 0.491 e. The number of aromatic nitrogens is 2. The fraction of sp³-hybridized carbons (Fsp3) is 0.438. The van der Waals surface area contributed by atoms with E-state index < -0.39 is 0 Å². The Morgan fingerprint density at radius 2 is 2.29 bits per heavy atom. The molecule has 0 spiro atoms. The lowest BCUT2D eigenvalue weighted by atomic mass is 10.2. The van der Waals surface area contributed by atoms with Crippen molar-refractivity contribution in [3.63, 3.8) is 0 Å². The van der Waals surface area contributed by atoms with Gasteiger partial charge >= 0.3 is 0 Å². The van der Waals surface area contributed by atoms with Crippen molar-refractivity contribution < 1.29 is 14.2 Å². The molecule has 0 radical (unpaired) electrons. The van der Waals surface area contributed by atoms with Crippen molar-refractivity contribution in [2.24, 2.45) is 0 Å². The summed E-state index contributed by atoms with van der Waals surface area (Å²) in [6, 6.07) is 7.91. The van der Waals surface area contributed by atoms with E-state index in [4.69, 9.17) is 14.2 Å². The van der Waals surface area contributed by atoms with Crippen LogP contribution in [-0.4, -0.2) is 35.7 Å². The monoisotopic (exact) mass is 288 g/mol. The van der Waals surface area contributed by atoms with Crippen LogP contribution < -0.4 is 4.74 Å². The first kappa shape index (κ1) is 14.1. The number of nitrogens with zero attached hydrogens (tertiary/aromatic N) is 2. The van der Waals surface area contributed by atoms with Crippen molar-refractivity contribution in [3.8, 4) is 11.4 Å². The van der Waals surface area contributed by atoms with E-state index in [1.54, 1.807) is 12.5 Å². The van der Waals surface area contributed by atoms with Crippen molar-refractivity contribution in [1.29, 1.82) is 0 Å². The Labute approximate surface area is 124 Å². The zero-order valence-electron chi connectivity index (χ0n) is 12.0. The van der Waals surface area contributed by atoms with E-state index in [0.717, 1.165) is 30.9 Å². The number of benzene rings is 1. The molecule has 0 bridgehead atoms. The third kappa shape index (κ3) is 4.06. The lowest BCUT2D eigenvalue weighted by Gasteiger charge is -2.22. The van der Waals surface area contributed by atoms with Crippen LogP contribution in [0.4, 0.5) is 0 Å². The number of ether oxygens (including phenoxy) is 3. The highest BCUT2D eigenvalue weighted by Gasteiger charge is 2.13. The van der Waals surface area contributed by atoms with Crippen molar-refractivity contribution in [3.05, 3.63) is 43.0 Å². The zero-order chi connectivity index (χ0) is 14.3. The van der Waals surface area contributed by atoms with Crippen LogP contribution in [0, 0.1) is 0 Å². The lowest BCUT2D eigenvalue weighted by molar-refractivity contribution is -0.165. The Bertz CT molecular complexity index is 536. The molecule has 0 aliphatic carbocycles. The van der Waals surface area contributed by atoms with E-state index >= 15 is 0 Å². The Morgan fingerprint density at radius 3 is 3.10 bits per heavy atom. The molecule has 1 aromatic carbocycles. The van der Waals surface area contributed by atoms with Crippen LogP contribution >= 0.6 is 0 Å². The minimum atomic E-state index is -0.0559. The molecular weight excluding hydrogens is 268 g/mol. The molecule has 1 aliphatic rings. The van der Waals surface area contributed by atoms with Gasteiger partial charge in [0.1, 0.15) is 12.4 Å². The first-order valence-corrected chi connectivity index (χ1v) is 7.36. The van der Waals surface area contributed by atoms with E-state index in [0.29, 0.717) is 13.2 Å². The van der Waals surface area contributed by atoms with Crippen LogP contribution in [0.1, 0.15) is 19.3 Å². The molecule has 5 nitrogen and oxygen atoms in total. The molecule has 2 heterocycles. The molecule has 1 aromatic heterocycles. The number of rotatable bonds is 6. The van der Waals surface area contributed by atoms with Crippen LogP contribution in [0.15, 0.2) is 43.0 Å². The molecule has 1 aliphatic heterocycles. The van der Waals surface area contributed by atoms with Gasteiger partial charge in [0.2, 0.25) is 0 Å². The maximum atomic E-state index is 5.72. The molecule has 0 amide bonds. The first-order valence-electron chi connectivity index (χ1n) is 7.36. The highest BCUT2D eigenvalue weighted by molar-refractivity contribution is 5.39. The number of imidazole rings is 1. The summed E-state index contributed by atoms with van der Waals surface area (Å²) in [6.07, 6.45) is 8.67. The molecule has 0 N–H and O–H groups in total. The summed E-state index contributed by atoms with van der Waals surface area (Å²) in [6.45, 7) is 1.87. The molecule has 0 saturated carbocycles. The van der Waals surface area contributed by atoms with Gasteiger partial charge in [-0.1, -0.05) is 6.07 Å². The minimum Gasteiger partial charge on any atom is -0.491 e. The quantitative estimate of drug-likeness (QED) is 0.767. The molecule has 21 heavy (non-hydrogen) atoms. The van der Waals surface area contributed by atoms with E-state index in [2.05, 4.69) is 4.98 Å². The molecule has 0 unspecified atom stereocenters. The summed E-state index contributed by atoms with van der Waals surface area (Å²) in [4.78, 5) is 4.04. The molecule has 3 rings (SSSR count). The fourth-order valence-corrected chi connectivity index (χ4v) is 2.33. The second-order valence-electron chi connectivity index (χ2n) is 4.98. The van der Waals surface area contributed by atoms with Crippen LogP contribution in [0.25, 0.3) is 5.69 Å². The molecule has 112 valence electrons. The van der Waals surface area contributed by atoms with Gasteiger partial charge in [-0.15, -0.1) is 0 Å². The van der Waals surface area contributed by atoms with Gasteiger partial charge in [-0.25, -0.2) is 4.98 Å². The van der Waals surface area contributed by atoms with Gasteiger partial charge in [-0.05, 0) is 31.4 Å². The van der Waals surface area contributed by atoms with E-state index in [1.165, 1.54) is 6.42 Å². The van der Waals surface area contributed by atoms with Crippen LogP contribution in [0.2, 0.25) is 0 Å². The third-order valence-corrected chi connectivity index (χ3v) is 3.41. The van der Waals surface area contributed by atoms with Gasteiger partial charge < -0.3 is 18.8 Å². The maximum Gasteiger partial charge on any atom is 0.157 e. The molecule has 1 atom stereocenters. The third-order valence-electron chi connectivity index (χ3n) is 3.41. The average Bonchev–Trinajstić information content (AvgIpc) is 3.07. The lowest BCUT2D eigenvalue weighted by Crippen LogP contribution is -2.24. The second-order valence-corrected chi connectivity index (χ2v) is 4.98. The summed E-state index contributed by atoms with van der Waals surface area (Å²) in [7, 11) is 0. The normalized spacial score (nSPS) is 18.6. The van der Waals surface area contributed by atoms with E-state index in [1.807, 2.05) is 35.0 Å². The number of hydrogen-bond donors (Lipinski definition) is 0. The van der Waals surface area contributed by atoms with Gasteiger partial charge in [-0.3, -0.25) is 0 Å². The molecule has 2 aromatic rings. The predicted molar refractivity (Wildman–Crippen MR) is 78.6 cm³/mol. The summed E-state index contributed by atoms with van der Waals surface area (Å²) < 4.78 is 18.8. The minimum absolute atomic E-state index is 0.0559. The summed E-state index contributed by atoms with van der Waals surface area (Å²) in [5, 5.41) is 0. The van der Waals surface area contributed by atoms with Crippen molar-refractivity contribution >= 4 is 0 Å². The van der Waals surface area contributed by atoms with Crippen molar-refractivity contribution in [2.75, 3.05) is 19.8 Å². The molecule has 1 saturated heterocycles. The summed E-state index contributed by atoms with van der Waals surface area (Å²) >= 11 is 0. The van der Waals surface area contributed by atoms with Gasteiger partial charge in [0.25, 0.3) is 0 Å². The van der Waals surface area contributed by atoms with Crippen LogP contribution in [0.3, 0.4) is 0 Å². The molecular formula is C16H20N2O3. The SMILES string of the molecule is c1cc(OCCO[C@H]2CCCCO2)cc(-n2ccnc2)c1. The Hall–Kier alpha value is -1.85. The van der Waals surface area contributed by atoms with E-state index in [-0.39, 0.29) is 6.29 Å². The highest BCUT2D eigenvalue weighted by Crippen LogP contribution is 2.17. The van der Waals surface area contributed by atoms with Gasteiger partial charge in [0.15, 0.2) is 6.29 Å². The second kappa shape index (κ2) is 7.24. The Kier molecular flexibility index (Phi) is 4.86. The van der Waals surface area contributed by atoms with Gasteiger partial charge in [0, 0.05) is 25.1 Å². The van der Waals surface area contributed by atoms with E-state index in [9.17, 15) is 0 Å². The predicted octanol–water partition coefficient (Wildman–Crippen LogP) is 2.79. The van der Waals surface area contributed by atoms with Crippen LogP contribution in [-0.2, 0) is 9.47 Å². The number of hydrogen-bond acceptors (Lipinski definition) is 4. The molecule has 1 fully saturated rings. The molecule has 5 heteroatoms. The fourth-order valence-electron chi connectivity index (χ4n) is 2.33. The van der Waals surface area contributed by atoms with Crippen molar-refractivity contribution in [1.82, 2.24) is 9.55 Å². The van der Waals surface area contributed by atoms with Crippen LogP contribution in [0.5, 0.6) is 5.75 Å². The topological polar surface area (TPSA) is 45.5 Å². The first-order chi connectivity index (χ1) is 10.4. The summed E-state index contributed by atoms with van der Waals surface area (Å²) in [5.74, 6) is 0.828. The highest BCUT2D eigenvalue weighted by atomic mass is 16.7. The summed E-state index contributed by atoms with van der Waals surface area (Å²) in [5.41, 5.74) is 1.03. The smallest absolute Gasteiger partial charge is 0.157 e. The standard InChI is InChI=1S/C16H20N2O3/c1-2-9-20-16(6-1)21-11-10-19-15-5-3-4-14(12-15)18-8-7-17-13-18/h3-5,7-8,12-13,16H,1-2,6,9-11H2/t16-/m0/s1. The van der Waals surface area contributed by atoms with Gasteiger partial charge in [-0.2, -0.15) is 0 Å². The maximum absolute atomic E-state index is 5.72. The van der Waals surface area contributed by atoms with Crippen molar-refractivity contribution in [2.45, 2.75) is 25.6 Å². The average molecular weight is 288 g/mol. The Morgan fingerprint density at radius 1 is 1.29 bits per heavy atom. The Balaban J connectivity index is 1.46.